The fourth-order valence-corrected chi connectivity index (χ4v) is 3.33. The Hall–Kier alpha value is -4.42. The highest BCUT2D eigenvalue weighted by Gasteiger charge is 2.40. The molecule has 3 aromatic rings. The zero-order valence-corrected chi connectivity index (χ0v) is 17.6. The van der Waals surface area contributed by atoms with E-state index in [1.807, 2.05) is 0 Å². The van der Waals surface area contributed by atoms with Gasteiger partial charge in [0.25, 0.3) is 11.8 Å². The van der Waals surface area contributed by atoms with Crippen molar-refractivity contribution >= 4 is 23.5 Å². The van der Waals surface area contributed by atoms with Crippen LogP contribution in [-0.4, -0.2) is 45.1 Å². The Morgan fingerprint density at radius 2 is 1.89 bits per heavy atom. The van der Waals surface area contributed by atoms with Gasteiger partial charge in [-0.15, -0.1) is 5.10 Å². The van der Waals surface area contributed by atoms with Crippen molar-refractivity contribution in [2.45, 2.75) is 6.18 Å². The molecule has 0 spiro atoms. The summed E-state index contributed by atoms with van der Waals surface area (Å²) in [6.07, 6.45) is 0.528. The Labute approximate surface area is 194 Å². The van der Waals surface area contributed by atoms with Gasteiger partial charge in [-0.3, -0.25) is 9.59 Å². The van der Waals surface area contributed by atoms with E-state index in [1.165, 1.54) is 35.5 Å². The average molecular weight is 490 g/mol. The zero-order valence-electron chi connectivity index (χ0n) is 17.6. The molecule has 180 valence electrons. The van der Waals surface area contributed by atoms with Gasteiger partial charge in [-0.25, -0.2) is 13.8 Å². The summed E-state index contributed by atoms with van der Waals surface area (Å²) in [5.74, 6) is -4.37. The average Bonchev–Trinajstić information content (AvgIpc) is 2.83. The first-order valence-corrected chi connectivity index (χ1v) is 9.97. The van der Waals surface area contributed by atoms with Crippen LogP contribution in [0.15, 0.2) is 61.1 Å². The molecule has 0 saturated heterocycles. The lowest BCUT2D eigenvalue weighted by atomic mass is 10.0. The molecule has 1 aliphatic heterocycles. The van der Waals surface area contributed by atoms with Gasteiger partial charge in [0.15, 0.2) is 5.82 Å². The lowest BCUT2D eigenvalue weighted by Crippen LogP contribution is -2.43. The van der Waals surface area contributed by atoms with Gasteiger partial charge in [-0.2, -0.15) is 18.3 Å². The number of hydrogen-bond acceptors (Lipinski definition) is 6. The third kappa shape index (κ3) is 5.23. The molecule has 1 N–H and O–H groups in total. The normalized spacial score (nSPS) is 13.6. The number of carbonyl (C=O) groups excluding carboxylic acids is 2. The molecule has 0 atom stereocenters. The molecule has 0 aliphatic carbocycles. The Morgan fingerprint density at radius 3 is 2.54 bits per heavy atom. The number of rotatable bonds is 4. The van der Waals surface area contributed by atoms with Gasteiger partial charge < -0.3 is 15.1 Å². The minimum absolute atomic E-state index is 0.0774. The molecule has 2 aromatic heterocycles. The minimum atomic E-state index is -5.20. The number of halogens is 5. The van der Waals surface area contributed by atoms with Crippen LogP contribution in [0.25, 0.3) is 0 Å². The highest BCUT2D eigenvalue weighted by Crippen LogP contribution is 2.35. The molecule has 0 bridgehead atoms. The molecule has 1 aromatic carbocycles. The maximum absolute atomic E-state index is 13.9. The molecule has 0 saturated carbocycles. The number of nitrogens with one attached hydrogen (secondary N) is 1. The lowest BCUT2D eigenvalue weighted by Gasteiger charge is -2.32. The first kappa shape index (κ1) is 23.7. The molecule has 1 aliphatic rings. The van der Waals surface area contributed by atoms with Crippen molar-refractivity contribution in [3.8, 4) is 0 Å². The van der Waals surface area contributed by atoms with Crippen molar-refractivity contribution in [2.75, 3.05) is 23.4 Å². The SMILES string of the molecule is O=C(Nc1cccnn1)c1ccc(N2C=CCN(C(=O)c3cc(F)cc(F)c3C(F)(F)F)C2)nc1. The van der Waals surface area contributed by atoms with E-state index in [0.717, 1.165) is 4.90 Å². The standard InChI is InChI=1S/C22H15F5N6O2/c23-14-9-15(19(16(24)10-14)22(25,26)27)21(35)33-8-2-7-32(12-33)18-5-4-13(11-28-18)20(34)30-17-3-1-6-29-31-17/h1-7,9-11H,8,12H2,(H,30,31,34). The molecule has 3 heterocycles. The summed E-state index contributed by atoms with van der Waals surface area (Å²) < 4.78 is 67.6. The molecule has 4 rings (SSSR count). The number of anilines is 2. The maximum atomic E-state index is 13.9. The summed E-state index contributed by atoms with van der Waals surface area (Å²) in [5, 5.41) is 9.93. The quantitative estimate of drug-likeness (QED) is 0.559. The Balaban J connectivity index is 1.51. The predicted octanol–water partition coefficient (Wildman–Crippen LogP) is 3.85. The summed E-state index contributed by atoms with van der Waals surface area (Å²) in [7, 11) is 0. The van der Waals surface area contributed by atoms with E-state index in [2.05, 4.69) is 20.5 Å². The number of benzene rings is 1. The minimum Gasteiger partial charge on any atom is -0.317 e. The van der Waals surface area contributed by atoms with Crippen molar-refractivity contribution < 1.29 is 31.5 Å². The van der Waals surface area contributed by atoms with Gasteiger partial charge in [-0.1, -0.05) is 0 Å². The van der Waals surface area contributed by atoms with Crippen LogP contribution in [0, 0.1) is 11.6 Å². The number of nitrogens with zero attached hydrogens (tertiary/aromatic N) is 5. The summed E-state index contributed by atoms with van der Waals surface area (Å²) in [6, 6.07) is 6.49. The van der Waals surface area contributed by atoms with Crippen molar-refractivity contribution in [1.82, 2.24) is 20.1 Å². The van der Waals surface area contributed by atoms with Crippen molar-refractivity contribution in [3.05, 3.63) is 89.4 Å². The van der Waals surface area contributed by atoms with E-state index in [4.69, 9.17) is 0 Å². The number of amides is 2. The number of alkyl halides is 3. The van der Waals surface area contributed by atoms with E-state index < -0.39 is 40.8 Å². The Morgan fingerprint density at radius 1 is 1.09 bits per heavy atom. The number of pyridine rings is 1. The van der Waals surface area contributed by atoms with Gasteiger partial charge in [0.05, 0.1) is 17.8 Å². The van der Waals surface area contributed by atoms with E-state index in [0.29, 0.717) is 6.07 Å². The summed E-state index contributed by atoms with van der Waals surface area (Å²) in [5.41, 5.74) is -2.77. The van der Waals surface area contributed by atoms with Crippen molar-refractivity contribution in [3.63, 3.8) is 0 Å². The molecule has 0 unspecified atom stereocenters. The summed E-state index contributed by atoms with van der Waals surface area (Å²) in [6.45, 7) is -0.341. The van der Waals surface area contributed by atoms with Crippen LogP contribution in [0.5, 0.6) is 0 Å². The maximum Gasteiger partial charge on any atom is 0.420 e. The first-order valence-electron chi connectivity index (χ1n) is 9.97. The van der Waals surface area contributed by atoms with Crippen molar-refractivity contribution in [1.29, 1.82) is 0 Å². The molecular weight excluding hydrogens is 475 g/mol. The molecule has 13 heteroatoms. The first-order chi connectivity index (χ1) is 16.6. The molecule has 2 amide bonds. The molecule has 35 heavy (non-hydrogen) atoms. The largest absolute Gasteiger partial charge is 0.420 e. The van der Waals surface area contributed by atoms with E-state index in [1.54, 1.807) is 18.3 Å². The van der Waals surface area contributed by atoms with Crippen LogP contribution in [0.3, 0.4) is 0 Å². The Kier molecular flexibility index (Phi) is 6.40. The summed E-state index contributed by atoms with van der Waals surface area (Å²) >= 11 is 0. The number of hydrogen-bond donors (Lipinski definition) is 1. The Bertz CT molecular complexity index is 1280. The van der Waals surface area contributed by atoms with Gasteiger partial charge in [0, 0.05) is 31.2 Å². The van der Waals surface area contributed by atoms with Gasteiger partial charge >= 0.3 is 6.18 Å². The van der Waals surface area contributed by atoms with Crippen LogP contribution < -0.4 is 10.2 Å². The summed E-state index contributed by atoms with van der Waals surface area (Å²) in [4.78, 5) is 31.7. The third-order valence-corrected chi connectivity index (χ3v) is 4.91. The molecular formula is C22H15F5N6O2. The fraction of sp³-hybridized carbons (Fsp3) is 0.136. The van der Waals surface area contributed by atoms with Crippen LogP contribution in [0.2, 0.25) is 0 Å². The molecule has 0 fully saturated rings. The van der Waals surface area contributed by atoms with Crippen molar-refractivity contribution in [2.24, 2.45) is 0 Å². The number of carbonyl (C=O) groups is 2. The fourth-order valence-electron chi connectivity index (χ4n) is 3.33. The van der Waals surface area contributed by atoms with Gasteiger partial charge in [-0.05, 0) is 36.4 Å². The van der Waals surface area contributed by atoms with Gasteiger partial charge in [0.1, 0.15) is 23.0 Å². The third-order valence-electron chi connectivity index (χ3n) is 4.91. The van der Waals surface area contributed by atoms with Crippen LogP contribution in [0.4, 0.5) is 33.6 Å². The van der Waals surface area contributed by atoms with Crippen LogP contribution >= 0.6 is 0 Å². The van der Waals surface area contributed by atoms with Crippen LogP contribution in [-0.2, 0) is 6.18 Å². The highest BCUT2D eigenvalue weighted by molar-refractivity contribution is 6.03. The van der Waals surface area contributed by atoms with Crippen LogP contribution in [0.1, 0.15) is 26.3 Å². The second-order valence-corrected chi connectivity index (χ2v) is 7.30. The topological polar surface area (TPSA) is 91.3 Å². The zero-order chi connectivity index (χ0) is 25.2. The second-order valence-electron chi connectivity index (χ2n) is 7.30. The monoisotopic (exact) mass is 490 g/mol. The highest BCUT2D eigenvalue weighted by atomic mass is 19.4. The lowest BCUT2D eigenvalue weighted by molar-refractivity contribution is -0.140. The predicted molar refractivity (Wildman–Crippen MR) is 113 cm³/mol. The van der Waals surface area contributed by atoms with Gasteiger partial charge in [0.2, 0.25) is 0 Å². The van der Waals surface area contributed by atoms with E-state index in [-0.39, 0.29) is 36.5 Å². The van der Waals surface area contributed by atoms with E-state index in [9.17, 15) is 31.5 Å². The molecule has 0 radical (unpaired) electrons. The second kappa shape index (κ2) is 9.44. The number of aromatic nitrogens is 3. The van der Waals surface area contributed by atoms with E-state index >= 15 is 0 Å². The molecule has 8 nitrogen and oxygen atoms in total. The smallest absolute Gasteiger partial charge is 0.317 e.